The summed E-state index contributed by atoms with van der Waals surface area (Å²) in [5.41, 5.74) is 0.634. The third-order valence-corrected chi connectivity index (χ3v) is 2.69. The zero-order valence-corrected chi connectivity index (χ0v) is 10.7. The number of carbonyl (C=O) groups excluding carboxylic acids is 2. The van der Waals surface area contributed by atoms with Gasteiger partial charge in [-0.25, -0.2) is 4.79 Å². The molecule has 0 aliphatic carbocycles. The van der Waals surface area contributed by atoms with Gasteiger partial charge in [-0.1, -0.05) is 0 Å². The van der Waals surface area contributed by atoms with Gasteiger partial charge in [-0.3, -0.25) is 4.79 Å². The summed E-state index contributed by atoms with van der Waals surface area (Å²) in [7, 11) is 4.12. The molecule has 0 aliphatic heterocycles. The molecule has 1 aromatic heterocycles. The molecule has 0 radical (unpaired) electrons. The maximum Gasteiger partial charge on any atom is 0.373 e. The van der Waals surface area contributed by atoms with Crippen LogP contribution in [-0.2, 0) is 4.74 Å². The van der Waals surface area contributed by atoms with Crippen LogP contribution in [0.1, 0.15) is 20.9 Å². The monoisotopic (exact) mass is 264 g/mol. The van der Waals surface area contributed by atoms with Crippen LogP contribution >= 0.6 is 0 Å². The Morgan fingerprint density at radius 3 is 2.47 bits per heavy atom. The highest BCUT2D eigenvalue weighted by Crippen LogP contribution is 2.38. The summed E-state index contributed by atoms with van der Waals surface area (Å²) in [6.45, 7) is 0. The first-order chi connectivity index (χ1) is 9.15. The van der Waals surface area contributed by atoms with Gasteiger partial charge in [-0.2, -0.15) is 0 Å². The van der Waals surface area contributed by atoms with Crippen LogP contribution in [0.5, 0.6) is 11.5 Å². The van der Waals surface area contributed by atoms with Crippen LogP contribution in [0.25, 0.3) is 11.0 Å². The lowest BCUT2D eigenvalue weighted by molar-refractivity contribution is 0.0567. The average Bonchev–Trinajstić information content (AvgIpc) is 2.89. The molecule has 0 amide bonds. The largest absolute Gasteiger partial charge is 0.495 e. The van der Waals surface area contributed by atoms with Gasteiger partial charge in [0, 0.05) is 6.07 Å². The molecule has 0 saturated carbocycles. The quantitative estimate of drug-likeness (QED) is 0.621. The molecule has 0 saturated heterocycles. The van der Waals surface area contributed by atoms with E-state index in [1.807, 2.05) is 0 Å². The molecular formula is C13H12O6. The highest BCUT2D eigenvalue weighted by atomic mass is 16.5. The molecule has 1 heterocycles. The number of benzene rings is 1. The van der Waals surface area contributed by atoms with Gasteiger partial charge in [0.05, 0.1) is 32.3 Å². The topological polar surface area (TPSA) is 75.0 Å². The molecule has 0 bridgehead atoms. The summed E-state index contributed by atoms with van der Waals surface area (Å²) >= 11 is 0. The van der Waals surface area contributed by atoms with E-state index in [9.17, 15) is 9.59 Å². The minimum atomic E-state index is -0.618. The predicted molar refractivity (Wildman–Crippen MR) is 66.0 cm³/mol. The minimum absolute atomic E-state index is 0.0112. The minimum Gasteiger partial charge on any atom is -0.495 e. The van der Waals surface area contributed by atoms with Crippen LogP contribution in [0.2, 0.25) is 0 Å². The van der Waals surface area contributed by atoms with Gasteiger partial charge >= 0.3 is 5.97 Å². The second-order valence-electron chi connectivity index (χ2n) is 3.66. The molecule has 0 fully saturated rings. The molecule has 0 aliphatic rings. The first kappa shape index (κ1) is 12.9. The Labute approximate surface area is 108 Å². The summed E-state index contributed by atoms with van der Waals surface area (Å²) in [6, 6.07) is 2.94. The van der Waals surface area contributed by atoms with Crippen molar-refractivity contribution in [1.29, 1.82) is 0 Å². The van der Waals surface area contributed by atoms with Crippen molar-refractivity contribution in [3.8, 4) is 11.5 Å². The number of fused-ring (bicyclic) bond motifs is 1. The Bertz CT molecular complexity index is 640. The molecular weight excluding hydrogens is 252 g/mol. The van der Waals surface area contributed by atoms with E-state index in [4.69, 9.17) is 13.9 Å². The molecule has 0 unspecified atom stereocenters. The van der Waals surface area contributed by atoms with Crippen LogP contribution in [0.3, 0.4) is 0 Å². The van der Waals surface area contributed by atoms with Crippen molar-refractivity contribution in [2.24, 2.45) is 0 Å². The first-order valence-corrected chi connectivity index (χ1v) is 5.38. The molecule has 0 N–H and O–H groups in total. The average molecular weight is 264 g/mol. The lowest BCUT2D eigenvalue weighted by atomic mass is 10.1. The van der Waals surface area contributed by atoms with Gasteiger partial charge < -0.3 is 18.6 Å². The van der Waals surface area contributed by atoms with Gasteiger partial charge in [-0.05, 0) is 6.07 Å². The molecule has 0 atom stereocenters. The third kappa shape index (κ3) is 2.01. The van der Waals surface area contributed by atoms with E-state index in [-0.39, 0.29) is 5.76 Å². The molecule has 2 rings (SSSR count). The number of esters is 1. The number of hydrogen-bond acceptors (Lipinski definition) is 6. The summed E-state index contributed by atoms with van der Waals surface area (Å²) in [5.74, 6) is 0.0582. The molecule has 2 aromatic rings. The normalized spacial score (nSPS) is 10.3. The maximum absolute atomic E-state index is 11.5. The fourth-order valence-electron chi connectivity index (χ4n) is 1.84. The van der Waals surface area contributed by atoms with Crippen molar-refractivity contribution in [3.63, 3.8) is 0 Å². The summed E-state index contributed by atoms with van der Waals surface area (Å²) in [4.78, 5) is 22.5. The zero-order chi connectivity index (χ0) is 14.0. The number of rotatable bonds is 4. The van der Waals surface area contributed by atoms with E-state index in [0.717, 1.165) is 0 Å². The van der Waals surface area contributed by atoms with Gasteiger partial charge in [0.2, 0.25) is 5.76 Å². The number of hydrogen-bond donors (Lipinski definition) is 0. The van der Waals surface area contributed by atoms with E-state index >= 15 is 0 Å². The Morgan fingerprint density at radius 1 is 1.21 bits per heavy atom. The number of ether oxygens (including phenoxy) is 3. The molecule has 6 nitrogen and oxygen atoms in total. The fraction of sp³-hybridized carbons (Fsp3) is 0.231. The molecule has 0 spiro atoms. The van der Waals surface area contributed by atoms with Gasteiger partial charge in [0.1, 0.15) is 5.75 Å². The van der Waals surface area contributed by atoms with E-state index in [1.54, 1.807) is 0 Å². The van der Waals surface area contributed by atoms with Crippen LogP contribution in [-0.4, -0.2) is 33.6 Å². The van der Waals surface area contributed by atoms with Crippen LogP contribution in [0, 0.1) is 0 Å². The Hall–Kier alpha value is -2.50. The molecule has 6 heteroatoms. The highest BCUT2D eigenvalue weighted by Gasteiger charge is 2.21. The second-order valence-corrected chi connectivity index (χ2v) is 3.66. The summed E-state index contributed by atoms with van der Waals surface area (Å²) in [6.07, 6.45) is 0.644. The van der Waals surface area contributed by atoms with Gasteiger partial charge in [-0.15, -0.1) is 0 Å². The van der Waals surface area contributed by atoms with E-state index in [1.165, 1.54) is 33.5 Å². The zero-order valence-electron chi connectivity index (χ0n) is 10.7. The fourth-order valence-corrected chi connectivity index (χ4v) is 1.84. The molecule has 1 aromatic carbocycles. The Morgan fingerprint density at radius 2 is 1.95 bits per heavy atom. The number of methoxy groups -OCH3 is 3. The van der Waals surface area contributed by atoms with Gasteiger partial charge in [0.15, 0.2) is 17.6 Å². The highest BCUT2D eigenvalue weighted by molar-refractivity contribution is 6.01. The maximum atomic E-state index is 11.5. The van der Waals surface area contributed by atoms with Crippen molar-refractivity contribution in [2.75, 3.05) is 21.3 Å². The first-order valence-electron chi connectivity index (χ1n) is 5.38. The molecule has 19 heavy (non-hydrogen) atoms. The number of furan rings is 1. The van der Waals surface area contributed by atoms with Gasteiger partial charge in [0.25, 0.3) is 0 Å². The van der Waals surface area contributed by atoms with Crippen LogP contribution in [0.15, 0.2) is 16.5 Å². The predicted octanol–water partition coefficient (Wildman–Crippen LogP) is 2.05. The van der Waals surface area contributed by atoms with E-state index in [2.05, 4.69) is 4.74 Å². The Balaban J connectivity index is 2.79. The number of carbonyl (C=O) groups is 2. The lowest BCUT2D eigenvalue weighted by Gasteiger charge is -2.07. The van der Waals surface area contributed by atoms with E-state index < -0.39 is 5.97 Å². The SMILES string of the molecule is COC(=O)c1cc2c(OC)c(C=O)cc(OC)c2o1. The van der Waals surface area contributed by atoms with Crippen molar-refractivity contribution in [1.82, 2.24) is 0 Å². The van der Waals surface area contributed by atoms with Crippen molar-refractivity contribution >= 4 is 23.2 Å². The third-order valence-electron chi connectivity index (χ3n) is 2.69. The van der Waals surface area contributed by atoms with Crippen molar-refractivity contribution < 1.29 is 28.2 Å². The smallest absolute Gasteiger partial charge is 0.373 e. The lowest BCUT2D eigenvalue weighted by Crippen LogP contribution is -1.98. The standard InChI is InChI=1S/C13H12O6/c1-16-9-4-7(6-14)11(17-2)8-5-10(13(15)18-3)19-12(8)9/h4-6H,1-3H3. The molecule has 100 valence electrons. The van der Waals surface area contributed by atoms with Crippen LogP contribution in [0.4, 0.5) is 0 Å². The number of aldehydes is 1. The summed E-state index contributed by atoms with van der Waals surface area (Å²) < 4.78 is 20.3. The Kier molecular flexibility index (Phi) is 3.41. The van der Waals surface area contributed by atoms with Crippen molar-refractivity contribution in [3.05, 3.63) is 23.5 Å². The van der Waals surface area contributed by atoms with Crippen molar-refractivity contribution in [2.45, 2.75) is 0 Å². The van der Waals surface area contributed by atoms with Crippen LogP contribution < -0.4 is 9.47 Å². The summed E-state index contributed by atoms with van der Waals surface area (Å²) in [5, 5.41) is 0.476. The second kappa shape index (κ2) is 5.01. The van der Waals surface area contributed by atoms with E-state index in [0.29, 0.717) is 34.3 Å².